The van der Waals surface area contributed by atoms with Crippen LogP contribution in [0.5, 0.6) is 11.5 Å². The number of benzene rings is 3. The maximum Gasteiger partial charge on any atom is 0.232 e. The van der Waals surface area contributed by atoms with Crippen molar-refractivity contribution in [1.29, 1.82) is 0 Å². The Hall–Kier alpha value is -3.38. The smallest absolute Gasteiger partial charge is 0.232 e. The number of carbonyl (C=O) groups excluding carboxylic acids is 1. The number of carbonyl (C=O) groups is 1. The van der Waals surface area contributed by atoms with E-state index in [9.17, 15) is 4.79 Å². The van der Waals surface area contributed by atoms with Gasteiger partial charge in [-0.15, -0.1) is 0 Å². The standard InChI is InChI=1S/C27H30ClN3O3/c1-4-5-16-29-26(32)25(18-10-12-19(28)13-11-18)27(30-22-8-6-7-9-23(22)31-27)21-15-14-20(33-2)17-24(21)34-3/h6-15,17,25,30-31H,4-5,16H2,1-3H3,(H,29,32). The van der Waals surface area contributed by atoms with Crippen molar-refractivity contribution in [3.05, 3.63) is 82.9 Å². The lowest BCUT2D eigenvalue weighted by Crippen LogP contribution is -2.51. The zero-order chi connectivity index (χ0) is 24.1. The summed E-state index contributed by atoms with van der Waals surface area (Å²) in [4.78, 5) is 13.9. The van der Waals surface area contributed by atoms with Crippen LogP contribution in [-0.2, 0) is 10.5 Å². The Morgan fingerprint density at radius 2 is 1.68 bits per heavy atom. The molecule has 1 heterocycles. The number of amides is 1. The average molecular weight is 480 g/mol. The van der Waals surface area contributed by atoms with Crippen molar-refractivity contribution in [1.82, 2.24) is 5.32 Å². The highest BCUT2D eigenvalue weighted by atomic mass is 35.5. The summed E-state index contributed by atoms with van der Waals surface area (Å²) in [5.41, 5.74) is 2.40. The number of rotatable bonds is 9. The molecule has 1 atom stereocenters. The van der Waals surface area contributed by atoms with Crippen molar-refractivity contribution in [3.63, 3.8) is 0 Å². The van der Waals surface area contributed by atoms with Crippen LogP contribution in [-0.4, -0.2) is 26.7 Å². The fourth-order valence-corrected chi connectivity index (χ4v) is 4.59. The van der Waals surface area contributed by atoms with Crippen LogP contribution in [0.2, 0.25) is 5.02 Å². The maximum atomic E-state index is 13.9. The van der Waals surface area contributed by atoms with E-state index in [-0.39, 0.29) is 5.91 Å². The topological polar surface area (TPSA) is 71.6 Å². The molecule has 0 fully saturated rings. The average Bonchev–Trinajstić information content (AvgIpc) is 3.25. The van der Waals surface area contributed by atoms with Gasteiger partial charge in [-0.3, -0.25) is 4.79 Å². The van der Waals surface area contributed by atoms with Gasteiger partial charge in [0.15, 0.2) is 5.66 Å². The quantitative estimate of drug-likeness (QED) is 0.341. The summed E-state index contributed by atoms with van der Waals surface area (Å²) in [5.74, 6) is 0.534. The molecule has 0 aromatic heterocycles. The molecule has 1 aliphatic heterocycles. The summed E-state index contributed by atoms with van der Waals surface area (Å²) < 4.78 is 11.2. The van der Waals surface area contributed by atoms with Crippen LogP contribution in [0.1, 0.15) is 36.8 Å². The first-order valence-corrected chi connectivity index (χ1v) is 11.8. The van der Waals surface area contributed by atoms with Crippen molar-refractivity contribution in [2.24, 2.45) is 0 Å². The highest BCUT2D eigenvalue weighted by Gasteiger charge is 2.50. The number of ether oxygens (including phenoxy) is 2. The monoisotopic (exact) mass is 479 g/mol. The Morgan fingerprint density at radius 1 is 1.00 bits per heavy atom. The molecule has 1 unspecified atom stereocenters. The summed E-state index contributed by atoms with van der Waals surface area (Å²) in [5, 5.41) is 11.0. The van der Waals surface area contributed by atoms with Gasteiger partial charge in [-0.2, -0.15) is 0 Å². The van der Waals surface area contributed by atoms with Crippen LogP contribution in [0.25, 0.3) is 0 Å². The SMILES string of the molecule is CCCCNC(=O)C(c1ccc(Cl)cc1)C1(c2ccc(OC)cc2OC)Nc2ccccc2N1. The predicted octanol–water partition coefficient (Wildman–Crippen LogP) is 5.75. The second-order valence-corrected chi connectivity index (χ2v) is 8.74. The Labute approximate surface area is 205 Å². The molecule has 4 rings (SSSR count). The van der Waals surface area contributed by atoms with E-state index in [2.05, 4.69) is 22.9 Å². The Balaban J connectivity index is 1.91. The first-order chi connectivity index (χ1) is 16.5. The predicted molar refractivity (Wildman–Crippen MR) is 137 cm³/mol. The molecule has 1 amide bonds. The molecule has 0 saturated carbocycles. The van der Waals surface area contributed by atoms with E-state index in [0.717, 1.165) is 35.3 Å². The van der Waals surface area contributed by atoms with E-state index in [0.29, 0.717) is 23.1 Å². The second kappa shape index (κ2) is 10.3. The number of nitrogens with one attached hydrogen (secondary N) is 3. The third-order valence-corrected chi connectivity index (χ3v) is 6.40. The van der Waals surface area contributed by atoms with Crippen molar-refractivity contribution in [3.8, 4) is 11.5 Å². The number of hydrogen-bond acceptors (Lipinski definition) is 5. The van der Waals surface area contributed by atoms with Gasteiger partial charge in [0.1, 0.15) is 17.4 Å². The van der Waals surface area contributed by atoms with Gasteiger partial charge in [0, 0.05) is 23.2 Å². The molecule has 0 aliphatic carbocycles. The molecule has 0 saturated heterocycles. The lowest BCUT2D eigenvalue weighted by atomic mass is 9.80. The fourth-order valence-electron chi connectivity index (χ4n) is 4.46. The van der Waals surface area contributed by atoms with Gasteiger partial charge >= 0.3 is 0 Å². The minimum absolute atomic E-state index is 0.0959. The molecule has 1 aliphatic rings. The van der Waals surface area contributed by atoms with Crippen LogP contribution in [0.4, 0.5) is 11.4 Å². The number of hydrogen-bond donors (Lipinski definition) is 3. The number of fused-ring (bicyclic) bond motifs is 1. The summed E-state index contributed by atoms with van der Waals surface area (Å²) in [6, 6.07) is 21.0. The number of para-hydroxylation sites is 2. The van der Waals surface area contributed by atoms with E-state index >= 15 is 0 Å². The molecular formula is C27H30ClN3O3. The highest BCUT2D eigenvalue weighted by Crippen LogP contribution is 2.50. The summed E-state index contributed by atoms with van der Waals surface area (Å²) in [6.45, 7) is 2.70. The molecule has 3 aromatic carbocycles. The van der Waals surface area contributed by atoms with Crippen molar-refractivity contribution in [2.75, 3.05) is 31.4 Å². The van der Waals surface area contributed by atoms with Gasteiger partial charge in [0.2, 0.25) is 5.91 Å². The molecule has 0 spiro atoms. The molecule has 0 radical (unpaired) electrons. The number of halogens is 1. The molecule has 6 nitrogen and oxygen atoms in total. The van der Waals surface area contributed by atoms with Gasteiger partial charge < -0.3 is 25.4 Å². The molecule has 178 valence electrons. The fraction of sp³-hybridized carbons (Fsp3) is 0.296. The van der Waals surface area contributed by atoms with Gasteiger partial charge in [-0.25, -0.2) is 0 Å². The van der Waals surface area contributed by atoms with E-state index in [1.807, 2.05) is 66.7 Å². The normalized spacial score (nSPS) is 14.4. The van der Waals surface area contributed by atoms with Crippen molar-refractivity contribution in [2.45, 2.75) is 31.3 Å². The summed E-state index contributed by atoms with van der Waals surface area (Å²) in [7, 11) is 3.23. The molecule has 3 aromatic rings. The lowest BCUT2D eigenvalue weighted by molar-refractivity contribution is -0.123. The molecular weight excluding hydrogens is 450 g/mol. The van der Waals surface area contributed by atoms with Gasteiger partial charge in [0.05, 0.1) is 25.6 Å². The van der Waals surface area contributed by atoms with E-state index in [4.69, 9.17) is 21.1 Å². The molecule has 3 N–H and O–H groups in total. The highest BCUT2D eigenvalue weighted by molar-refractivity contribution is 6.30. The maximum absolute atomic E-state index is 13.9. The van der Waals surface area contributed by atoms with Crippen molar-refractivity contribution < 1.29 is 14.3 Å². The zero-order valence-corrected chi connectivity index (χ0v) is 20.4. The van der Waals surface area contributed by atoms with E-state index < -0.39 is 11.6 Å². The van der Waals surface area contributed by atoms with Gasteiger partial charge in [0.25, 0.3) is 0 Å². The first kappa shape index (κ1) is 23.8. The summed E-state index contributed by atoms with van der Waals surface area (Å²) in [6.07, 6.45) is 1.89. The Bertz CT molecular complexity index is 1130. The van der Waals surface area contributed by atoms with Crippen LogP contribution in [0, 0.1) is 0 Å². The van der Waals surface area contributed by atoms with Crippen LogP contribution in [0.3, 0.4) is 0 Å². The van der Waals surface area contributed by atoms with Crippen LogP contribution >= 0.6 is 11.6 Å². The number of unbranched alkanes of at least 4 members (excludes halogenated alkanes) is 1. The third-order valence-electron chi connectivity index (χ3n) is 6.15. The minimum atomic E-state index is -1.02. The lowest BCUT2D eigenvalue weighted by Gasteiger charge is -2.39. The number of methoxy groups -OCH3 is 2. The van der Waals surface area contributed by atoms with Crippen molar-refractivity contribution >= 4 is 28.9 Å². The Morgan fingerprint density at radius 3 is 2.26 bits per heavy atom. The molecule has 34 heavy (non-hydrogen) atoms. The third kappa shape index (κ3) is 4.50. The van der Waals surface area contributed by atoms with E-state index in [1.54, 1.807) is 14.2 Å². The van der Waals surface area contributed by atoms with Crippen LogP contribution in [0.15, 0.2) is 66.7 Å². The zero-order valence-electron chi connectivity index (χ0n) is 19.7. The Kier molecular flexibility index (Phi) is 7.17. The second-order valence-electron chi connectivity index (χ2n) is 8.30. The minimum Gasteiger partial charge on any atom is -0.497 e. The first-order valence-electron chi connectivity index (χ1n) is 11.4. The van der Waals surface area contributed by atoms with Gasteiger partial charge in [-0.05, 0) is 48.4 Å². The van der Waals surface area contributed by atoms with E-state index in [1.165, 1.54) is 0 Å². The van der Waals surface area contributed by atoms with Crippen LogP contribution < -0.4 is 25.4 Å². The summed E-state index contributed by atoms with van der Waals surface area (Å²) >= 11 is 6.20. The molecule has 7 heteroatoms. The number of anilines is 2. The largest absolute Gasteiger partial charge is 0.497 e. The molecule has 0 bridgehead atoms. The van der Waals surface area contributed by atoms with Gasteiger partial charge in [-0.1, -0.05) is 49.2 Å².